The first-order valence-electron chi connectivity index (χ1n) is 8.25. The lowest BCUT2D eigenvalue weighted by molar-refractivity contribution is -0.132. The number of rotatable bonds is 4. The molecule has 2 atom stereocenters. The van der Waals surface area contributed by atoms with Crippen LogP contribution in [0, 0.1) is 0 Å². The highest BCUT2D eigenvalue weighted by atomic mass is 16.3. The number of aliphatic hydroxyl groups is 1. The summed E-state index contributed by atoms with van der Waals surface area (Å²) in [5.74, 6) is -0.871. The Morgan fingerprint density at radius 1 is 1.36 bits per heavy atom. The van der Waals surface area contributed by atoms with Crippen LogP contribution in [-0.4, -0.2) is 72.1 Å². The van der Waals surface area contributed by atoms with Crippen LogP contribution < -0.4 is 10.6 Å². The first kappa shape index (κ1) is 17.4. The molecule has 2 aliphatic rings. The summed E-state index contributed by atoms with van der Waals surface area (Å²) in [5.41, 5.74) is -0.144. The molecule has 25 heavy (non-hydrogen) atoms. The molecule has 1 aromatic carbocycles. The van der Waals surface area contributed by atoms with Crippen molar-refractivity contribution in [2.45, 2.75) is 18.1 Å². The standard InChI is InChI=1S/C17H22N4O4/c1-20-11-15(24)21(16(20)25)10-14(23)19-17(7-8-18-9-13(17)22)12-5-3-2-4-6-12/h2-6,13,18,22H,7-11H2,1H3,(H,19,23)/t13-,17+/m1/s1. The minimum atomic E-state index is -0.943. The van der Waals surface area contributed by atoms with Crippen molar-refractivity contribution >= 4 is 17.8 Å². The fourth-order valence-electron chi connectivity index (χ4n) is 3.41. The van der Waals surface area contributed by atoms with Gasteiger partial charge in [0.05, 0.1) is 11.6 Å². The average molecular weight is 346 g/mol. The van der Waals surface area contributed by atoms with Crippen molar-refractivity contribution < 1.29 is 19.5 Å². The smallest absolute Gasteiger partial charge is 0.327 e. The number of hydrogen-bond donors (Lipinski definition) is 3. The Balaban J connectivity index is 1.80. The highest BCUT2D eigenvalue weighted by Crippen LogP contribution is 2.31. The van der Waals surface area contributed by atoms with E-state index < -0.39 is 29.5 Å². The van der Waals surface area contributed by atoms with Gasteiger partial charge in [0.2, 0.25) is 5.91 Å². The number of hydrogen-bond acceptors (Lipinski definition) is 5. The van der Waals surface area contributed by atoms with E-state index in [9.17, 15) is 19.5 Å². The van der Waals surface area contributed by atoms with Crippen LogP contribution in [0.1, 0.15) is 12.0 Å². The fourth-order valence-corrected chi connectivity index (χ4v) is 3.41. The highest BCUT2D eigenvalue weighted by Gasteiger charge is 2.44. The topological polar surface area (TPSA) is 102 Å². The number of aliphatic hydroxyl groups excluding tert-OH is 1. The van der Waals surface area contributed by atoms with E-state index >= 15 is 0 Å². The molecule has 0 aliphatic carbocycles. The van der Waals surface area contributed by atoms with Gasteiger partial charge in [0, 0.05) is 13.6 Å². The zero-order chi connectivity index (χ0) is 18.0. The number of nitrogens with zero attached hydrogens (tertiary/aromatic N) is 2. The molecular formula is C17H22N4O4. The molecule has 134 valence electrons. The molecule has 0 spiro atoms. The van der Waals surface area contributed by atoms with E-state index in [2.05, 4.69) is 10.6 Å². The van der Waals surface area contributed by atoms with Crippen molar-refractivity contribution in [3.63, 3.8) is 0 Å². The summed E-state index contributed by atoms with van der Waals surface area (Å²) in [5, 5.41) is 16.6. The summed E-state index contributed by atoms with van der Waals surface area (Å²) in [6.45, 7) is 0.606. The van der Waals surface area contributed by atoms with Crippen LogP contribution in [0.5, 0.6) is 0 Å². The minimum absolute atomic E-state index is 0.0253. The Hall–Kier alpha value is -2.45. The number of imide groups is 1. The first-order chi connectivity index (χ1) is 11.9. The molecule has 0 saturated carbocycles. The number of piperidine rings is 1. The Labute approximate surface area is 145 Å². The second-order valence-corrected chi connectivity index (χ2v) is 6.47. The maximum absolute atomic E-state index is 12.6. The average Bonchev–Trinajstić information content (AvgIpc) is 2.84. The number of β-amino-alcohol motifs (C(OH)–C–C–N with tert-alkyl or cyclic N) is 1. The van der Waals surface area contributed by atoms with Crippen LogP contribution in [0.4, 0.5) is 4.79 Å². The fraction of sp³-hybridized carbons (Fsp3) is 0.471. The van der Waals surface area contributed by atoms with E-state index in [1.165, 1.54) is 11.9 Å². The van der Waals surface area contributed by atoms with Gasteiger partial charge in [-0.1, -0.05) is 30.3 Å². The van der Waals surface area contributed by atoms with Gasteiger partial charge in [0.15, 0.2) is 0 Å². The summed E-state index contributed by atoms with van der Waals surface area (Å²) in [7, 11) is 1.51. The van der Waals surface area contributed by atoms with Crippen LogP contribution in [0.15, 0.2) is 30.3 Å². The quantitative estimate of drug-likeness (QED) is 0.623. The Morgan fingerprint density at radius 2 is 2.08 bits per heavy atom. The number of nitrogens with one attached hydrogen (secondary N) is 2. The van der Waals surface area contributed by atoms with Gasteiger partial charge in [-0.2, -0.15) is 0 Å². The summed E-state index contributed by atoms with van der Waals surface area (Å²) in [6, 6.07) is 8.79. The van der Waals surface area contributed by atoms with Crippen molar-refractivity contribution in [1.29, 1.82) is 0 Å². The first-order valence-corrected chi connectivity index (χ1v) is 8.25. The Kier molecular flexibility index (Phi) is 4.73. The van der Waals surface area contributed by atoms with E-state index in [1.807, 2.05) is 30.3 Å². The summed E-state index contributed by atoms with van der Waals surface area (Å²) < 4.78 is 0. The maximum atomic E-state index is 12.6. The molecule has 2 saturated heterocycles. The SMILES string of the molecule is CN1CC(=O)N(CC(=O)N[C@]2(c3ccccc3)CCNC[C@H]2O)C1=O. The van der Waals surface area contributed by atoms with E-state index in [1.54, 1.807) is 0 Å². The lowest BCUT2D eigenvalue weighted by atomic mass is 9.79. The van der Waals surface area contributed by atoms with Gasteiger partial charge in [0.1, 0.15) is 13.1 Å². The highest BCUT2D eigenvalue weighted by molar-refractivity contribution is 6.04. The molecule has 8 heteroatoms. The number of carbonyl (C=O) groups excluding carboxylic acids is 3. The van der Waals surface area contributed by atoms with Crippen LogP contribution in [0.25, 0.3) is 0 Å². The molecule has 3 rings (SSSR count). The minimum Gasteiger partial charge on any atom is -0.389 e. The van der Waals surface area contributed by atoms with Gasteiger partial charge in [0.25, 0.3) is 5.91 Å². The van der Waals surface area contributed by atoms with E-state index in [0.29, 0.717) is 19.5 Å². The predicted octanol–water partition coefficient (Wildman–Crippen LogP) is -0.754. The van der Waals surface area contributed by atoms with Gasteiger partial charge in [-0.15, -0.1) is 0 Å². The molecule has 1 aromatic rings. The van der Waals surface area contributed by atoms with Crippen molar-refractivity contribution in [1.82, 2.24) is 20.4 Å². The molecule has 2 aliphatic heterocycles. The number of carbonyl (C=O) groups is 3. The Morgan fingerprint density at radius 3 is 2.68 bits per heavy atom. The third-order valence-electron chi connectivity index (χ3n) is 4.79. The normalized spacial score (nSPS) is 26.9. The monoisotopic (exact) mass is 346 g/mol. The van der Waals surface area contributed by atoms with Crippen LogP contribution in [0.2, 0.25) is 0 Å². The van der Waals surface area contributed by atoms with Crippen molar-refractivity contribution in [3.05, 3.63) is 35.9 Å². The third kappa shape index (κ3) is 3.22. The largest absolute Gasteiger partial charge is 0.389 e. The lowest BCUT2D eigenvalue weighted by Gasteiger charge is -2.43. The number of amides is 4. The molecule has 3 N–H and O–H groups in total. The number of likely N-dealkylation sites (N-methyl/N-ethyl adjacent to an activating group) is 1. The van der Waals surface area contributed by atoms with Crippen LogP contribution in [-0.2, 0) is 15.1 Å². The van der Waals surface area contributed by atoms with Crippen LogP contribution in [0.3, 0.4) is 0 Å². The predicted molar refractivity (Wildman–Crippen MR) is 89.5 cm³/mol. The van der Waals surface area contributed by atoms with E-state index in [0.717, 1.165) is 10.5 Å². The molecule has 4 amide bonds. The van der Waals surface area contributed by atoms with E-state index in [-0.39, 0.29) is 13.1 Å². The molecule has 0 unspecified atom stereocenters. The maximum Gasteiger partial charge on any atom is 0.327 e. The summed E-state index contributed by atoms with van der Waals surface area (Å²) in [4.78, 5) is 38.6. The van der Waals surface area contributed by atoms with Gasteiger partial charge in [-0.05, 0) is 18.5 Å². The second kappa shape index (κ2) is 6.81. The van der Waals surface area contributed by atoms with Crippen molar-refractivity contribution in [2.75, 3.05) is 33.2 Å². The zero-order valence-corrected chi connectivity index (χ0v) is 14.1. The van der Waals surface area contributed by atoms with Crippen molar-refractivity contribution in [2.24, 2.45) is 0 Å². The molecule has 2 fully saturated rings. The third-order valence-corrected chi connectivity index (χ3v) is 4.79. The molecule has 2 heterocycles. The molecule has 0 radical (unpaired) electrons. The van der Waals surface area contributed by atoms with Crippen molar-refractivity contribution in [3.8, 4) is 0 Å². The van der Waals surface area contributed by atoms with E-state index in [4.69, 9.17) is 0 Å². The van der Waals surface area contributed by atoms with Gasteiger partial charge in [-0.3, -0.25) is 14.5 Å². The van der Waals surface area contributed by atoms with Gasteiger partial charge >= 0.3 is 6.03 Å². The Bertz CT molecular complexity index is 680. The molecular weight excluding hydrogens is 324 g/mol. The summed E-state index contributed by atoms with van der Waals surface area (Å²) >= 11 is 0. The molecule has 0 aromatic heterocycles. The number of benzene rings is 1. The summed E-state index contributed by atoms with van der Waals surface area (Å²) in [6.07, 6.45) is -0.314. The molecule has 0 bridgehead atoms. The van der Waals surface area contributed by atoms with Gasteiger partial charge in [-0.25, -0.2) is 4.79 Å². The lowest BCUT2D eigenvalue weighted by Crippen LogP contribution is -2.62. The number of urea groups is 1. The zero-order valence-electron chi connectivity index (χ0n) is 14.1. The second-order valence-electron chi connectivity index (χ2n) is 6.47. The van der Waals surface area contributed by atoms with Crippen LogP contribution >= 0.6 is 0 Å². The van der Waals surface area contributed by atoms with Gasteiger partial charge < -0.3 is 20.6 Å². The molecule has 8 nitrogen and oxygen atoms in total.